The Morgan fingerprint density at radius 2 is 1.76 bits per heavy atom. The maximum Gasteiger partial charge on any atom is 0.305 e. The van der Waals surface area contributed by atoms with E-state index in [1.807, 2.05) is 18.2 Å². The average molecular weight is 289 g/mol. The largest absolute Gasteiger partial charge is 0.481 e. The van der Waals surface area contributed by atoms with E-state index in [1.165, 1.54) is 25.7 Å². The predicted octanol–water partition coefficient (Wildman–Crippen LogP) is 4.03. The van der Waals surface area contributed by atoms with Gasteiger partial charge >= 0.3 is 5.97 Å². The third-order valence-electron chi connectivity index (χ3n) is 4.63. The standard InChI is InChI=1S/C18H27NO2/c1-2-12-18(15-17(20)21,16-10-6-5-7-11-16)19-13-8-3-4-9-14-19/h5-7,10-11H,2-4,8-9,12-15H2,1H3,(H,20,21). The molecule has 1 aliphatic heterocycles. The maximum absolute atomic E-state index is 11.6. The second-order valence-electron chi connectivity index (χ2n) is 6.12. The van der Waals surface area contributed by atoms with Crippen LogP contribution in [0.4, 0.5) is 0 Å². The highest BCUT2D eigenvalue weighted by atomic mass is 16.4. The molecule has 1 atom stereocenters. The van der Waals surface area contributed by atoms with Gasteiger partial charge in [0.05, 0.1) is 12.0 Å². The van der Waals surface area contributed by atoms with E-state index >= 15 is 0 Å². The summed E-state index contributed by atoms with van der Waals surface area (Å²) < 4.78 is 0. The normalized spacial score (nSPS) is 19.7. The molecule has 1 fully saturated rings. The predicted molar refractivity (Wildman–Crippen MR) is 85.3 cm³/mol. The van der Waals surface area contributed by atoms with Gasteiger partial charge in [-0.05, 0) is 37.9 Å². The summed E-state index contributed by atoms with van der Waals surface area (Å²) in [5, 5.41) is 9.51. The van der Waals surface area contributed by atoms with Crippen molar-refractivity contribution >= 4 is 5.97 Å². The first-order valence-corrected chi connectivity index (χ1v) is 8.21. The highest BCUT2D eigenvalue weighted by Crippen LogP contribution is 2.38. The SMILES string of the molecule is CCCC(CC(=O)O)(c1ccccc1)N1CCCCCC1. The number of aliphatic carboxylic acids is 1. The van der Waals surface area contributed by atoms with Gasteiger partial charge in [0.1, 0.15) is 0 Å². The lowest BCUT2D eigenvalue weighted by Gasteiger charge is -2.43. The molecule has 21 heavy (non-hydrogen) atoms. The first-order valence-electron chi connectivity index (χ1n) is 8.21. The molecule has 0 spiro atoms. The Balaban J connectivity index is 2.40. The first kappa shape index (κ1) is 16.0. The summed E-state index contributed by atoms with van der Waals surface area (Å²) in [5.41, 5.74) is 0.822. The minimum absolute atomic E-state index is 0.199. The highest BCUT2D eigenvalue weighted by molar-refractivity contribution is 5.69. The van der Waals surface area contributed by atoms with Crippen LogP contribution in [0.1, 0.15) is 57.4 Å². The Morgan fingerprint density at radius 1 is 1.14 bits per heavy atom. The van der Waals surface area contributed by atoms with Crippen LogP contribution >= 0.6 is 0 Å². The summed E-state index contributed by atoms with van der Waals surface area (Å²) in [6.45, 7) is 4.18. The molecule has 2 rings (SSSR count). The molecule has 1 aliphatic rings. The number of benzene rings is 1. The molecule has 3 nitrogen and oxygen atoms in total. The maximum atomic E-state index is 11.6. The second kappa shape index (κ2) is 7.60. The van der Waals surface area contributed by atoms with Crippen molar-refractivity contribution in [2.45, 2.75) is 57.4 Å². The fourth-order valence-corrected chi connectivity index (χ4v) is 3.70. The van der Waals surface area contributed by atoms with Gasteiger partial charge in [-0.2, -0.15) is 0 Å². The fraction of sp³-hybridized carbons (Fsp3) is 0.611. The second-order valence-corrected chi connectivity index (χ2v) is 6.12. The monoisotopic (exact) mass is 289 g/mol. The molecule has 0 radical (unpaired) electrons. The number of carboxylic acids is 1. The fourth-order valence-electron chi connectivity index (χ4n) is 3.70. The van der Waals surface area contributed by atoms with E-state index in [9.17, 15) is 9.90 Å². The van der Waals surface area contributed by atoms with Gasteiger partial charge in [0.2, 0.25) is 0 Å². The van der Waals surface area contributed by atoms with Crippen LogP contribution in [0.25, 0.3) is 0 Å². The van der Waals surface area contributed by atoms with Crippen LogP contribution in [0, 0.1) is 0 Å². The van der Waals surface area contributed by atoms with Crippen molar-refractivity contribution in [3.63, 3.8) is 0 Å². The molecule has 1 heterocycles. The smallest absolute Gasteiger partial charge is 0.305 e. The summed E-state index contributed by atoms with van der Waals surface area (Å²) in [5.74, 6) is -0.698. The molecule has 1 aromatic rings. The van der Waals surface area contributed by atoms with Gasteiger partial charge in [-0.1, -0.05) is 56.5 Å². The molecule has 1 unspecified atom stereocenters. The molecule has 0 saturated carbocycles. The number of nitrogens with zero attached hydrogens (tertiary/aromatic N) is 1. The van der Waals surface area contributed by atoms with Crippen molar-refractivity contribution in [1.82, 2.24) is 4.90 Å². The van der Waals surface area contributed by atoms with E-state index in [2.05, 4.69) is 24.0 Å². The van der Waals surface area contributed by atoms with Gasteiger partial charge in [-0.15, -0.1) is 0 Å². The zero-order chi connectivity index (χ0) is 15.1. The highest BCUT2D eigenvalue weighted by Gasteiger charge is 2.39. The van der Waals surface area contributed by atoms with E-state index in [-0.39, 0.29) is 12.0 Å². The van der Waals surface area contributed by atoms with Crippen LogP contribution in [-0.4, -0.2) is 29.1 Å². The lowest BCUT2D eigenvalue weighted by Crippen LogP contribution is -2.48. The van der Waals surface area contributed by atoms with E-state index in [4.69, 9.17) is 0 Å². The Hall–Kier alpha value is -1.35. The van der Waals surface area contributed by atoms with E-state index in [1.54, 1.807) is 0 Å². The Kier molecular flexibility index (Phi) is 5.80. The molecule has 1 saturated heterocycles. The van der Waals surface area contributed by atoms with Crippen molar-refractivity contribution < 1.29 is 9.90 Å². The summed E-state index contributed by atoms with van der Waals surface area (Å²) >= 11 is 0. The number of carbonyl (C=O) groups is 1. The van der Waals surface area contributed by atoms with Gasteiger partial charge in [0, 0.05) is 0 Å². The molecule has 116 valence electrons. The number of hydrogen-bond acceptors (Lipinski definition) is 2. The molecule has 0 aromatic heterocycles. The Morgan fingerprint density at radius 3 is 2.29 bits per heavy atom. The van der Waals surface area contributed by atoms with Gasteiger partial charge in [-0.25, -0.2) is 0 Å². The summed E-state index contributed by atoms with van der Waals surface area (Å²) in [6, 6.07) is 10.3. The number of carboxylic acid groups (broad SMARTS) is 1. The zero-order valence-corrected chi connectivity index (χ0v) is 13.1. The van der Waals surface area contributed by atoms with Crippen molar-refractivity contribution in [1.29, 1.82) is 0 Å². The van der Waals surface area contributed by atoms with Gasteiger partial charge < -0.3 is 5.11 Å². The lowest BCUT2D eigenvalue weighted by atomic mass is 9.80. The topological polar surface area (TPSA) is 40.5 Å². The van der Waals surface area contributed by atoms with Crippen LogP contribution in [0.3, 0.4) is 0 Å². The summed E-state index contributed by atoms with van der Waals surface area (Å²) in [4.78, 5) is 14.0. The molecular formula is C18H27NO2. The number of rotatable bonds is 6. The molecule has 1 N–H and O–H groups in total. The molecule has 3 heteroatoms. The van der Waals surface area contributed by atoms with Crippen LogP contribution in [0.5, 0.6) is 0 Å². The van der Waals surface area contributed by atoms with Crippen molar-refractivity contribution in [2.75, 3.05) is 13.1 Å². The first-order chi connectivity index (χ1) is 10.2. The summed E-state index contributed by atoms with van der Waals surface area (Å²) in [6.07, 6.45) is 6.99. The lowest BCUT2D eigenvalue weighted by molar-refractivity contribution is -0.141. The molecule has 0 bridgehead atoms. The van der Waals surface area contributed by atoms with Gasteiger partial charge in [0.15, 0.2) is 0 Å². The van der Waals surface area contributed by atoms with Crippen LogP contribution in [0.2, 0.25) is 0 Å². The van der Waals surface area contributed by atoms with E-state index in [0.717, 1.165) is 31.5 Å². The molecule has 0 amide bonds. The van der Waals surface area contributed by atoms with E-state index in [0.29, 0.717) is 0 Å². The minimum Gasteiger partial charge on any atom is -0.481 e. The minimum atomic E-state index is -0.698. The molecule has 1 aromatic carbocycles. The van der Waals surface area contributed by atoms with Crippen molar-refractivity contribution in [2.24, 2.45) is 0 Å². The third kappa shape index (κ3) is 3.85. The molecule has 0 aliphatic carbocycles. The number of hydrogen-bond donors (Lipinski definition) is 1. The Bertz CT molecular complexity index is 438. The number of likely N-dealkylation sites (tertiary alicyclic amines) is 1. The third-order valence-corrected chi connectivity index (χ3v) is 4.63. The van der Waals surface area contributed by atoms with Gasteiger partial charge in [-0.3, -0.25) is 9.69 Å². The molecular weight excluding hydrogens is 262 g/mol. The van der Waals surface area contributed by atoms with Gasteiger partial charge in [0.25, 0.3) is 0 Å². The van der Waals surface area contributed by atoms with Crippen molar-refractivity contribution in [3.05, 3.63) is 35.9 Å². The summed E-state index contributed by atoms with van der Waals surface area (Å²) in [7, 11) is 0. The van der Waals surface area contributed by atoms with E-state index < -0.39 is 5.97 Å². The van der Waals surface area contributed by atoms with Crippen molar-refractivity contribution in [3.8, 4) is 0 Å². The Labute approximate surface area is 128 Å². The average Bonchev–Trinajstić information content (AvgIpc) is 2.76. The van der Waals surface area contributed by atoms with Crippen LogP contribution < -0.4 is 0 Å². The quantitative estimate of drug-likeness (QED) is 0.859. The van der Waals surface area contributed by atoms with Crippen LogP contribution in [0.15, 0.2) is 30.3 Å². The zero-order valence-electron chi connectivity index (χ0n) is 13.1. The van der Waals surface area contributed by atoms with Crippen LogP contribution in [-0.2, 0) is 10.3 Å².